The van der Waals surface area contributed by atoms with Gasteiger partial charge >= 0.3 is 19.5 Å². The zero-order valence-electron chi connectivity index (χ0n) is 16.5. The number of carbonyl (C=O) groups excluding carboxylic acids is 1. The minimum Gasteiger partial charge on any atom is -0.466 e. The first-order chi connectivity index (χ1) is 13.7. The lowest BCUT2D eigenvalue weighted by Crippen LogP contribution is -2.34. The number of H-pyrrole nitrogens is 1. The molecule has 0 aliphatic carbocycles. The molecule has 0 radical (unpaired) electrons. The first-order valence-corrected chi connectivity index (χ1v) is 10.9. The van der Waals surface area contributed by atoms with Crippen LogP contribution in [0.2, 0.25) is 0 Å². The maximum atomic E-state index is 12.7. The molecule has 3 heterocycles. The molecule has 0 spiro atoms. The Bertz CT molecular complexity index is 911. The SMILES string of the molecule is CCOC(=O)[C@H](C)CCOP1(=O)OCC2O[C@H](n3cc(C)c(=O)[nH]c3=O)C[C@H]2O1. The number of aryl methyl sites for hydroxylation is 1. The molecule has 2 unspecified atom stereocenters. The molecule has 1 N–H and O–H groups in total. The average Bonchev–Trinajstić information content (AvgIpc) is 3.07. The van der Waals surface area contributed by atoms with Gasteiger partial charge in [0.25, 0.3) is 5.56 Å². The summed E-state index contributed by atoms with van der Waals surface area (Å²) in [7, 11) is -3.81. The number of nitrogens with zero attached hydrogens (tertiary/aromatic N) is 1. The molecule has 11 nitrogen and oxygen atoms in total. The highest BCUT2D eigenvalue weighted by molar-refractivity contribution is 7.48. The Balaban J connectivity index is 1.58. The number of phosphoric acid groups is 1. The van der Waals surface area contributed by atoms with Gasteiger partial charge in [0, 0.05) is 18.2 Å². The predicted molar refractivity (Wildman–Crippen MR) is 99.4 cm³/mol. The molecule has 0 bridgehead atoms. The van der Waals surface area contributed by atoms with Crippen LogP contribution < -0.4 is 11.2 Å². The molecule has 2 saturated heterocycles. The fourth-order valence-corrected chi connectivity index (χ4v) is 4.51. The van der Waals surface area contributed by atoms with Crippen molar-refractivity contribution in [2.24, 2.45) is 5.92 Å². The fraction of sp³-hybridized carbons (Fsp3) is 0.706. The minimum absolute atomic E-state index is 0.00247. The highest BCUT2D eigenvalue weighted by Crippen LogP contribution is 2.56. The highest BCUT2D eigenvalue weighted by Gasteiger charge is 2.48. The van der Waals surface area contributed by atoms with E-state index in [1.807, 2.05) is 0 Å². The number of hydrogen-bond donors (Lipinski definition) is 1. The first kappa shape index (κ1) is 21.9. The van der Waals surface area contributed by atoms with Gasteiger partial charge < -0.3 is 9.47 Å². The van der Waals surface area contributed by atoms with Gasteiger partial charge in [-0.15, -0.1) is 0 Å². The van der Waals surface area contributed by atoms with E-state index in [4.69, 9.17) is 23.0 Å². The van der Waals surface area contributed by atoms with Crippen LogP contribution in [0.5, 0.6) is 0 Å². The number of ether oxygens (including phenoxy) is 2. The van der Waals surface area contributed by atoms with Crippen molar-refractivity contribution in [2.45, 2.75) is 52.0 Å². The standard InChI is InChI=1S/C17H25N2O9P/c1-4-24-16(21)10(2)5-6-25-29(23)26-9-13-12(28-29)7-14(27-13)19-8-11(3)15(20)18-17(19)22/h8,10,12-14H,4-7,9H2,1-3H3,(H,18,20,22)/t10-,12-,13?,14+,29?/m1/s1. The van der Waals surface area contributed by atoms with Crippen LogP contribution in [0.15, 0.2) is 15.8 Å². The van der Waals surface area contributed by atoms with Gasteiger partial charge in [-0.3, -0.25) is 32.7 Å². The monoisotopic (exact) mass is 432 g/mol. The van der Waals surface area contributed by atoms with E-state index in [0.717, 1.165) is 0 Å². The van der Waals surface area contributed by atoms with E-state index in [9.17, 15) is 18.9 Å². The van der Waals surface area contributed by atoms with Crippen molar-refractivity contribution < 1.29 is 32.4 Å². The van der Waals surface area contributed by atoms with E-state index in [1.54, 1.807) is 20.8 Å². The van der Waals surface area contributed by atoms with Crippen LogP contribution in [-0.2, 0) is 32.4 Å². The second-order valence-corrected chi connectivity index (χ2v) is 8.63. The van der Waals surface area contributed by atoms with Crippen molar-refractivity contribution in [1.82, 2.24) is 9.55 Å². The zero-order chi connectivity index (χ0) is 21.2. The van der Waals surface area contributed by atoms with E-state index in [1.165, 1.54) is 10.8 Å². The molecule has 12 heteroatoms. The van der Waals surface area contributed by atoms with E-state index in [-0.39, 0.29) is 32.2 Å². The summed E-state index contributed by atoms with van der Waals surface area (Å²) in [5.74, 6) is -0.762. The number of fused-ring (bicyclic) bond motifs is 1. The molecule has 29 heavy (non-hydrogen) atoms. The summed E-state index contributed by atoms with van der Waals surface area (Å²) in [6.45, 7) is 5.25. The van der Waals surface area contributed by atoms with Crippen LogP contribution in [0.4, 0.5) is 0 Å². The summed E-state index contributed by atoms with van der Waals surface area (Å²) in [6.07, 6.45) is 0.147. The molecule has 2 aliphatic rings. The maximum absolute atomic E-state index is 12.7. The minimum atomic E-state index is -3.81. The lowest BCUT2D eigenvalue weighted by Gasteiger charge is -2.29. The lowest BCUT2D eigenvalue weighted by molar-refractivity contribution is -0.147. The third-order valence-corrected chi connectivity index (χ3v) is 6.28. The average molecular weight is 432 g/mol. The zero-order valence-corrected chi connectivity index (χ0v) is 17.4. The molecule has 5 atom stereocenters. The van der Waals surface area contributed by atoms with Crippen molar-refractivity contribution >= 4 is 13.8 Å². The van der Waals surface area contributed by atoms with E-state index < -0.39 is 43.4 Å². The second kappa shape index (κ2) is 8.93. The molecular weight excluding hydrogens is 407 g/mol. The normalized spacial score (nSPS) is 30.0. The third-order valence-electron chi connectivity index (χ3n) is 4.79. The molecule has 162 valence electrons. The molecule has 1 aromatic heterocycles. The van der Waals surface area contributed by atoms with E-state index in [2.05, 4.69) is 4.98 Å². The summed E-state index contributed by atoms with van der Waals surface area (Å²) < 4.78 is 40.7. The maximum Gasteiger partial charge on any atom is 0.475 e. The van der Waals surface area contributed by atoms with Gasteiger partial charge in [0.15, 0.2) is 0 Å². The molecule has 0 amide bonds. The van der Waals surface area contributed by atoms with Gasteiger partial charge in [-0.2, -0.15) is 0 Å². The van der Waals surface area contributed by atoms with Gasteiger partial charge in [-0.1, -0.05) is 6.92 Å². The van der Waals surface area contributed by atoms with Gasteiger partial charge in [-0.25, -0.2) is 9.36 Å². The molecule has 0 aromatic carbocycles. The Hall–Kier alpha value is -1.78. The van der Waals surface area contributed by atoms with Crippen LogP contribution in [0.1, 0.15) is 38.5 Å². The molecule has 1 aromatic rings. The summed E-state index contributed by atoms with van der Waals surface area (Å²) in [4.78, 5) is 37.4. The Morgan fingerprint density at radius 1 is 1.41 bits per heavy atom. The molecule has 2 aliphatic heterocycles. The number of rotatable bonds is 7. The summed E-state index contributed by atoms with van der Waals surface area (Å²) in [6, 6.07) is 0. The Kier molecular flexibility index (Phi) is 6.75. The van der Waals surface area contributed by atoms with Gasteiger partial charge in [-0.05, 0) is 20.3 Å². The number of hydrogen-bond acceptors (Lipinski definition) is 9. The van der Waals surface area contributed by atoms with Crippen molar-refractivity contribution in [3.8, 4) is 0 Å². The van der Waals surface area contributed by atoms with Crippen LogP contribution in [0.3, 0.4) is 0 Å². The van der Waals surface area contributed by atoms with Gasteiger partial charge in [0.1, 0.15) is 18.4 Å². The fourth-order valence-electron chi connectivity index (χ4n) is 3.10. The topological polar surface area (TPSA) is 135 Å². The smallest absolute Gasteiger partial charge is 0.466 e. The Labute approximate surface area is 166 Å². The number of nitrogens with one attached hydrogen (secondary N) is 1. The van der Waals surface area contributed by atoms with Crippen molar-refractivity contribution in [1.29, 1.82) is 0 Å². The van der Waals surface area contributed by atoms with Crippen molar-refractivity contribution in [3.05, 3.63) is 32.6 Å². The quantitative estimate of drug-likeness (QED) is 0.499. The number of aromatic nitrogens is 2. The summed E-state index contributed by atoms with van der Waals surface area (Å²) in [5.41, 5.74) is -0.696. The second-order valence-electron chi connectivity index (χ2n) is 7.01. The van der Waals surface area contributed by atoms with Crippen LogP contribution in [-0.4, -0.2) is 47.5 Å². The number of esters is 1. The molecule has 0 saturated carbocycles. The van der Waals surface area contributed by atoms with E-state index in [0.29, 0.717) is 12.0 Å². The third kappa shape index (κ3) is 5.04. The summed E-state index contributed by atoms with van der Waals surface area (Å²) in [5, 5.41) is 0. The predicted octanol–water partition coefficient (Wildman–Crippen LogP) is 1.26. The van der Waals surface area contributed by atoms with Crippen LogP contribution >= 0.6 is 7.82 Å². The van der Waals surface area contributed by atoms with E-state index >= 15 is 0 Å². The molecule has 3 rings (SSSR count). The van der Waals surface area contributed by atoms with Gasteiger partial charge in [0.05, 0.1) is 25.7 Å². The first-order valence-electron chi connectivity index (χ1n) is 9.44. The van der Waals surface area contributed by atoms with Crippen LogP contribution in [0, 0.1) is 12.8 Å². The van der Waals surface area contributed by atoms with Gasteiger partial charge in [0.2, 0.25) is 0 Å². The highest BCUT2D eigenvalue weighted by atomic mass is 31.2. The molecule has 2 fully saturated rings. The largest absolute Gasteiger partial charge is 0.475 e. The van der Waals surface area contributed by atoms with Crippen molar-refractivity contribution in [3.63, 3.8) is 0 Å². The van der Waals surface area contributed by atoms with Crippen molar-refractivity contribution in [2.75, 3.05) is 19.8 Å². The number of carbonyl (C=O) groups is 1. The molecular formula is C17H25N2O9P. The Morgan fingerprint density at radius 2 is 2.17 bits per heavy atom. The lowest BCUT2D eigenvalue weighted by atomic mass is 10.1. The Morgan fingerprint density at radius 3 is 2.90 bits per heavy atom. The number of phosphoric ester groups is 1. The number of aromatic amines is 1. The van der Waals surface area contributed by atoms with Crippen LogP contribution in [0.25, 0.3) is 0 Å². The summed E-state index contributed by atoms with van der Waals surface area (Å²) >= 11 is 0.